The summed E-state index contributed by atoms with van der Waals surface area (Å²) in [6.45, 7) is 5.22. The van der Waals surface area contributed by atoms with Crippen LogP contribution in [0, 0.1) is 0 Å². The number of nitrogens with zero attached hydrogens (tertiary/aromatic N) is 1. The second-order valence-corrected chi connectivity index (χ2v) is 4.73. The largest absolute Gasteiger partial charge is 0.465 e. The van der Waals surface area contributed by atoms with Crippen LogP contribution in [0.4, 0.5) is 5.69 Å². The molecule has 8 nitrogen and oxygen atoms in total. The van der Waals surface area contributed by atoms with Crippen LogP contribution in [0.3, 0.4) is 0 Å². The van der Waals surface area contributed by atoms with Crippen molar-refractivity contribution in [3.8, 4) is 11.5 Å². The Morgan fingerprint density at radius 1 is 0.958 bits per heavy atom. The maximum atomic E-state index is 11.8. The molecule has 0 heterocycles. The zero-order valence-corrected chi connectivity index (χ0v) is 14.0. The van der Waals surface area contributed by atoms with Crippen molar-refractivity contribution in [2.75, 3.05) is 18.1 Å². The van der Waals surface area contributed by atoms with Gasteiger partial charge in [-0.1, -0.05) is 0 Å². The average molecular weight is 337 g/mol. The third-order valence-electron chi connectivity index (χ3n) is 2.72. The highest BCUT2D eigenvalue weighted by molar-refractivity contribution is 5.96. The number of rotatable bonds is 6. The standard InChI is InChI=1S/C16H19NO7/c1-5-22-16(21)9-17(10(2)18)13-6-7-14(23-11(3)19)15(8-13)24-12(4)20/h6-8H,5,9H2,1-4H3. The van der Waals surface area contributed by atoms with Crippen molar-refractivity contribution in [1.82, 2.24) is 0 Å². The normalized spacial score (nSPS) is 9.83. The molecule has 0 radical (unpaired) electrons. The fourth-order valence-electron chi connectivity index (χ4n) is 1.86. The zero-order valence-electron chi connectivity index (χ0n) is 14.0. The van der Waals surface area contributed by atoms with Crippen LogP contribution in [0.25, 0.3) is 0 Å². The summed E-state index contributed by atoms with van der Waals surface area (Å²) in [6, 6.07) is 4.17. The van der Waals surface area contributed by atoms with Crippen LogP contribution < -0.4 is 14.4 Å². The summed E-state index contributed by atoms with van der Waals surface area (Å²) in [5.74, 6) is -2.21. The Labute approximate surface area is 139 Å². The highest BCUT2D eigenvalue weighted by Crippen LogP contribution is 2.32. The minimum Gasteiger partial charge on any atom is -0.465 e. The van der Waals surface area contributed by atoms with Crippen LogP contribution in [-0.2, 0) is 23.9 Å². The lowest BCUT2D eigenvalue weighted by Gasteiger charge is -2.21. The Morgan fingerprint density at radius 2 is 1.54 bits per heavy atom. The van der Waals surface area contributed by atoms with Crippen LogP contribution in [-0.4, -0.2) is 37.0 Å². The van der Waals surface area contributed by atoms with E-state index in [-0.39, 0.29) is 24.7 Å². The van der Waals surface area contributed by atoms with Gasteiger partial charge in [-0.3, -0.25) is 19.2 Å². The lowest BCUT2D eigenvalue weighted by atomic mass is 10.2. The van der Waals surface area contributed by atoms with Crippen LogP contribution in [0.1, 0.15) is 27.7 Å². The van der Waals surface area contributed by atoms with E-state index in [9.17, 15) is 19.2 Å². The zero-order chi connectivity index (χ0) is 18.3. The van der Waals surface area contributed by atoms with Gasteiger partial charge in [-0.05, 0) is 19.1 Å². The molecule has 1 amide bonds. The van der Waals surface area contributed by atoms with Crippen molar-refractivity contribution in [2.24, 2.45) is 0 Å². The first kappa shape index (κ1) is 19.1. The number of benzene rings is 1. The van der Waals surface area contributed by atoms with Crippen molar-refractivity contribution in [3.63, 3.8) is 0 Å². The minimum atomic E-state index is -0.625. The summed E-state index contributed by atoms with van der Waals surface area (Å²) < 4.78 is 14.8. The van der Waals surface area contributed by atoms with E-state index in [1.807, 2.05) is 0 Å². The van der Waals surface area contributed by atoms with Gasteiger partial charge in [0.05, 0.1) is 6.61 Å². The Balaban J connectivity index is 3.19. The second-order valence-electron chi connectivity index (χ2n) is 4.73. The van der Waals surface area contributed by atoms with E-state index in [2.05, 4.69) is 0 Å². The molecule has 0 N–H and O–H groups in total. The predicted molar refractivity (Wildman–Crippen MR) is 83.7 cm³/mol. The molecule has 24 heavy (non-hydrogen) atoms. The number of hydrogen-bond donors (Lipinski definition) is 0. The van der Waals surface area contributed by atoms with Gasteiger partial charge in [-0.15, -0.1) is 0 Å². The number of carbonyl (C=O) groups excluding carboxylic acids is 4. The van der Waals surface area contributed by atoms with Gasteiger partial charge in [0.1, 0.15) is 6.54 Å². The molecule has 0 bridgehead atoms. The van der Waals surface area contributed by atoms with Crippen molar-refractivity contribution < 1.29 is 33.4 Å². The molecular weight excluding hydrogens is 318 g/mol. The number of anilines is 1. The SMILES string of the molecule is CCOC(=O)CN(C(C)=O)c1ccc(OC(C)=O)c(OC(C)=O)c1. The predicted octanol–water partition coefficient (Wildman–Crippen LogP) is 1.45. The maximum absolute atomic E-state index is 11.8. The molecule has 0 spiro atoms. The average Bonchev–Trinajstić information content (AvgIpc) is 2.45. The number of esters is 3. The van der Waals surface area contributed by atoms with E-state index >= 15 is 0 Å². The first-order valence-electron chi connectivity index (χ1n) is 7.19. The number of ether oxygens (including phenoxy) is 3. The van der Waals surface area contributed by atoms with Gasteiger partial charge < -0.3 is 19.1 Å². The van der Waals surface area contributed by atoms with Gasteiger partial charge in [-0.2, -0.15) is 0 Å². The summed E-state index contributed by atoms with van der Waals surface area (Å²) in [6.07, 6.45) is 0. The first-order chi connectivity index (χ1) is 11.2. The molecule has 0 saturated heterocycles. The van der Waals surface area contributed by atoms with Gasteiger partial charge in [0, 0.05) is 32.5 Å². The Morgan fingerprint density at radius 3 is 2.04 bits per heavy atom. The van der Waals surface area contributed by atoms with E-state index in [0.29, 0.717) is 5.69 Å². The van der Waals surface area contributed by atoms with E-state index in [1.54, 1.807) is 6.92 Å². The summed E-state index contributed by atoms with van der Waals surface area (Å²) in [5, 5.41) is 0. The quantitative estimate of drug-likeness (QED) is 0.572. The van der Waals surface area contributed by atoms with E-state index in [4.69, 9.17) is 14.2 Å². The van der Waals surface area contributed by atoms with E-state index in [0.717, 1.165) is 4.90 Å². The summed E-state index contributed by atoms with van der Waals surface area (Å²) in [5.41, 5.74) is 0.294. The van der Waals surface area contributed by atoms with Gasteiger partial charge in [-0.25, -0.2) is 0 Å². The molecule has 0 fully saturated rings. The van der Waals surface area contributed by atoms with Crippen molar-refractivity contribution >= 4 is 29.5 Å². The van der Waals surface area contributed by atoms with Gasteiger partial charge in [0.25, 0.3) is 0 Å². The minimum absolute atomic E-state index is 0.0288. The maximum Gasteiger partial charge on any atom is 0.326 e. The monoisotopic (exact) mass is 337 g/mol. The third kappa shape index (κ3) is 5.71. The van der Waals surface area contributed by atoms with Crippen molar-refractivity contribution in [3.05, 3.63) is 18.2 Å². The molecule has 8 heteroatoms. The molecule has 0 atom stereocenters. The smallest absolute Gasteiger partial charge is 0.326 e. The van der Waals surface area contributed by atoms with Crippen LogP contribution in [0.15, 0.2) is 18.2 Å². The molecule has 0 unspecified atom stereocenters. The Hall–Kier alpha value is -2.90. The highest BCUT2D eigenvalue weighted by atomic mass is 16.6. The summed E-state index contributed by atoms with van der Waals surface area (Å²) in [4.78, 5) is 46.9. The molecule has 0 aliphatic heterocycles. The van der Waals surface area contributed by atoms with Crippen LogP contribution in [0.5, 0.6) is 11.5 Å². The van der Waals surface area contributed by atoms with E-state index < -0.39 is 23.8 Å². The fraction of sp³-hybridized carbons (Fsp3) is 0.375. The molecule has 0 aliphatic rings. The summed E-state index contributed by atoms with van der Waals surface area (Å²) in [7, 11) is 0. The Bertz CT molecular complexity index is 654. The third-order valence-corrected chi connectivity index (χ3v) is 2.72. The lowest BCUT2D eigenvalue weighted by molar-refractivity contribution is -0.142. The lowest BCUT2D eigenvalue weighted by Crippen LogP contribution is -2.34. The summed E-state index contributed by atoms with van der Waals surface area (Å²) >= 11 is 0. The van der Waals surface area contributed by atoms with Gasteiger partial charge in [0.2, 0.25) is 5.91 Å². The second kappa shape index (κ2) is 8.66. The molecule has 1 rings (SSSR count). The van der Waals surface area contributed by atoms with E-state index in [1.165, 1.54) is 39.0 Å². The molecule has 0 aromatic heterocycles. The topological polar surface area (TPSA) is 99.2 Å². The van der Waals surface area contributed by atoms with Crippen LogP contribution >= 0.6 is 0 Å². The van der Waals surface area contributed by atoms with Gasteiger partial charge in [0.15, 0.2) is 11.5 Å². The number of amides is 1. The molecule has 1 aromatic rings. The molecular formula is C16H19NO7. The molecule has 1 aromatic carbocycles. The molecule has 0 aliphatic carbocycles. The number of carbonyl (C=O) groups is 4. The van der Waals surface area contributed by atoms with Crippen molar-refractivity contribution in [2.45, 2.75) is 27.7 Å². The fourth-order valence-corrected chi connectivity index (χ4v) is 1.86. The van der Waals surface area contributed by atoms with Gasteiger partial charge >= 0.3 is 17.9 Å². The number of hydrogen-bond acceptors (Lipinski definition) is 7. The Kier molecular flexibility index (Phi) is 6.91. The van der Waals surface area contributed by atoms with Crippen molar-refractivity contribution in [1.29, 1.82) is 0 Å². The molecule has 0 saturated carbocycles. The highest BCUT2D eigenvalue weighted by Gasteiger charge is 2.19. The molecule has 130 valence electrons. The first-order valence-corrected chi connectivity index (χ1v) is 7.19. The van der Waals surface area contributed by atoms with Crippen LogP contribution in [0.2, 0.25) is 0 Å².